The van der Waals surface area contributed by atoms with Gasteiger partial charge in [-0.3, -0.25) is 4.90 Å². The van der Waals surface area contributed by atoms with E-state index in [1.54, 1.807) is 0 Å². The van der Waals surface area contributed by atoms with Crippen LogP contribution in [-0.4, -0.2) is 36.1 Å². The summed E-state index contributed by atoms with van der Waals surface area (Å²) in [5.74, 6) is 1.00. The molecule has 88 valence electrons. The van der Waals surface area contributed by atoms with Crippen molar-refractivity contribution in [1.29, 1.82) is 0 Å². The third-order valence-corrected chi connectivity index (χ3v) is 4.10. The van der Waals surface area contributed by atoms with Crippen LogP contribution in [0, 0.1) is 5.92 Å². The minimum Gasteiger partial charge on any atom is -0.310 e. The Morgan fingerprint density at radius 1 is 1.27 bits per heavy atom. The fraction of sp³-hybridized carbons (Fsp3) is 1.00. The molecule has 0 radical (unpaired) electrons. The van der Waals surface area contributed by atoms with E-state index in [4.69, 9.17) is 0 Å². The maximum atomic E-state index is 3.65. The molecule has 2 aliphatic rings. The van der Waals surface area contributed by atoms with E-state index in [0.29, 0.717) is 5.54 Å². The monoisotopic (exact) mass is 210 g/mol. The smallest absolute Gasteiger partial charge is 0.0252 e. The Hall–Kier alpha value is -0.0800. The van der Waals surface area contributed by atoms with Gasteiger partial charge < -0.3 is 5.32 Å². The Labute approximate surface area is 94.4 Å². The van der Waals surface area contributed by atoms with Gasteiger partial charge in [-0.15, -0.1) is 0 Å². The zero-order valence-electron chi connectivity index (χ0n) is 10.6. The molecule has 0 aromatic heterocycles. The maximum absolute atomic E-state index is 3.65. The Morgan fingerprint density at radius 3 is 2.60 bits per heavy atom. The molecular formula is C13H26N2. The van der Waals surface area contributed by atoms with Crippen LogP contribution in [0.4, 0.5) is 0 Å². The van der Waals surface area contributed by atoms with Gasteiger partial charge in [0.2, 0.25) is 0 Å². The van der Waals surface area contributed by atoms with Crippen molar-refractivity contribution in [2.45, 2.75) is 58.0 Å². The van der Waals surface area contributed by atoms with Crippen molar-refractivity contribution >= 4 is 0 Å². The van der Waals surface area contributed by atoms with Gasteiger partial charge in [-0.25, -0.2) is 0 Å². The highest BCUT2D eigenvalue weighted by atomic mass is 15.2. The molecule has 1 saturated heterocycles. The van der Waals surface area contributed by atoms with Crippen LogP contribution in [0.1, 0.15) is 46.5 Å². The van der Waals surface area contributed by atoms with Gasteiger partial charge in [-0.1, -0.05) is 6.42 Å². The molecule has 2 rings (SSSR count). The van der Waals surface area contributed by atoms with Gasteiger partial charge in [0, 0.05) is 24.7 Å². The van der Waals surface area contributed by atoms with Crippen molar-refractivity contribution in [3.8, 4) is 0 Å². The summed E-state index contributed by atoms with van der Waals surface area (Å²) in [5.41, 5.74) is 0.300. The molecular weight excluding hydrogens is 184 g/mol. The first-order valence-corrected chi connectivity index (χ1v) is 6.56. The fourth-order valence-corrected chi connectivity index (χ4v) is 2.77. The largest absolute Gasteiger partial charge is 0.310 e. The van der Waals surface area contributed by atoms with E-state index in [1.807, 2.05) is 0 Å². The van der Waals surface area contributed by atoms with E-state index in [1.165, 1.54) is 45.3 Å². The summed E-state index contributed by atoms with van der Waals surface area (Å²) in [5, 5.41) is 3.65. The van der Waals surface area contributed by atoms with Crippen LogP contribution in [0.25, 0.3) is 0 Å². The van der Waals surface area contributed by atoms with E-state index in [-0.39, 0.29) is 0 Å². The predicted octanol–water partition coefficient (Wildman–Crippen LogP) is 2.25. The summed E-state index contributed by atoms with van der Waals surface area (Å²) < 4.78 is 0. The van der Waals surface area contributed by atoms with Crippen LogP contribution in [0.3, 0.4) is 0 Å². The van der Waals surface area contributed by atoms with Crippen molar-refractivity contribution < 1.29 is 0 Å². The standard InChI is InChI=1S/C13H26N2/c1-11-7-8-14-13(2,3)10-15(11)9-12-5-4-6-12/h11-12,14H,4-10H2,1-3H3. The molecule has 2 fully saturated rings. The lowest BCUT2D eigenvalue weighted by molar-refractivity contribution is 0.124. The first-order chi connectivity index (χ1) is 7.07. The van der Waals surface area contributed by atoms with E-state index in [0.717, 1.165) is 12.0 Å². The average Bonchev–Trinajstić information content (AvgIpc) is 2.19. The number of rotatable bonds is 2. The lowest BCUT2D eigenvalue weighted by Gasteiger charge is -2.38. The predicted molar refractivity (Wildman–Crippen MR) is 65.1 cm³/mol. The maximum Gasteiger partial charge on any atom is 0.0252 e. The minimum absolute atomic E-state index is 0.300. The third-order valence-electron chi connectivity index (χ3n) is 4.10. The molecule has 1 saturated carbocycles. The van der Waals surface area contributed by atoms with Gasteiger partial charge in [0.1, 0.15) is 0 Å². The van der Waals surface area contributed by atoms with E-state index < -0.39 is 0 Å². The van der Waals surface area contributed by atoms with Gasteiger partial charge in [-0.05, 0) is 52.5 Å². The third kappa shape index (κ3) is 2.94. The molecule has 0 aromatic carbocycles. The molecule has 15 heavy (non-hydrogen) atoms. The molecule has 0 amide bonds. The summed E-state index contributed by atoms with van der Waals surface area (Å²) >= 11 is 0. The van der Waals surface area contributed by atoms with Crippen LogP contribution < -0.4 is 5.32 Å². The SMILES string of the molecule is CC1CCNC(C)(C)CN1CC1CCC1. The first-order valence-electron chi connectivity index (χ1n) is 6.56. The molecule has 1 aliphatic heterocycles. The van der Waals surface area contributed by atoms with Crippen LogP contribution in [0.15, 0.2) is 0 Å². The van der Waals surface area contributed by atoms with Gasteiger partial charge in [0.05, 0.1) is 0 Å². The molecule has 2 nitrogen and oxygen atoms in total. The quantitative estimate of drug-likeness (QED) is 0.752. The molecule has 0 aromatic rings. The average molecular weight is 210 g/mol. The second-order valence-electron chi connectivity index (χ2n) is 6.17. The minimum atomic E-state index is 0.300. The highest BCUT2D eigenvalue weighted by Crippen LogP contribution is 2.29. The summed E-state index contributed by atoms with van der Waals surface area (Å²) in [7, 11) is 0. The molecule has 0 spiro atoms. The van der Waals surface area contributed by atoms with Crippen LogP contribution in [0.2, 0.25) is 0 Å². The lowest BCUT2D eigenvalue weighted by Crippen LogP contribution is -2.49. The highest BCUT2D eigenvalue weighted by molar-refractivity contribution is 4.89. The molecule has 1 N–H and O–H groups in total. The van der Waals surface area contributed by atoms with E-state index in [9.17, 15) is 0 Å². The Kier molecular flexibility index (Phi) is 3.36. The second-order valence-corrected chi connectivity index (χ2v) is 6.17. The van der Waals surface area contributed by atoms with Crippen molar-refractivity contribution in [2.75, 3.05) is 19.6 Å². The summed E-state index contributed by atoms with van der Waals surface area (Å²) in [6.07, 6.45) is 5.71. The zero-order chi connectivity index (χ0) is 10.9. The van der Waals surface area contributed by atoms with Crippen molar-refractivity contribution in [1.82, 2.24) is 10.2 Å². The topological polar surface area (TPSA) is 15.3 Å². The van der Waals surface area contributed by atoms with Crippen molar-refractivity contribution in [3.63, 3.8) is 0 Å². The van der Waals surface area contributed by atoms with Crippen LogP contribution in [-0.2, 0) is 0 Å². The fourth-order valence-electron chi connectivity index (χ4n) is 2.77. The first kappa shape index (κ1) is 11.4. The summed E-state index contributed by atoms with van der Waals surface area (Å²) in [4.78, 5) is 2.71. The van der Waals surface area contributed by atoms with E-state index in [2.05, 4.69) is 31.0 Å². The Balaban J connectivity index is 1.92. The molecule has 2 heteroatoms. The van der Waals surface area contributed by atoms with Gasteiger partial charge in [-0.2, -0.15) is 0 Å². The summed E-state index contributed by atoms with van der Waals surface area (Å²) in [6, 6.07) is 0.764. The van der Waals surface area contributed by atoms with Gasteiger partial charge >= 0.3 is 0 Å². The Morgan fingerprint density at radius 2 is 2.00 bits per heavy atom. The number of hydrogen-bond donors (Lipinski definition) is 1. The Bertz CT molecular complexity index is 209. The van der Waals surface area contributed by atoms with Crippen molar-refractivity contribution in [2.24, 2.45) is 5.92 Å². The van der Waals surface area contributed by atoms with E-state index >= 15 is 0 Å². The number of nitrogens with zero attached hydrogens (tertiary/aromatic N) is 1. The molecule has 1 aliphatic carbocycles. The van der Waals surface area contributed by atoms with Gasteiger partial charge in [0.15, 0.2) is 0 Å². The number of nitrogens with one attached hydrogen (secondary N) is 1. The second kappa shape index (κ2) is 4.42. The van der Waals surface area contributed by atoms with Crippen LogP contribution in [0.5, 0.6) is 0 Å². The molecule has 0 bridgehead atoms. The lowest BCUT2D eigenvalue weighted by atomic mass is 9.84. The zero-order valence-corrected chi connectivity index (χ0v) is 10.6. The highest BCUT2D eigenvalue weighted by Gasteiger charge is 2.30. The molecule has 1 unspecified atom stereocenters. The van der Waals surface area contributed by atoms with Gasteiger partial charge in [0.25, 0.3) is 0 Å². The normalized spacial score (nSPS) is 33.4. The van der Waals surface area contributed by atoms with Crippen LogP contribution >= 0.6 is 0 Å². The number of hydrogen-bond acceptors (Lipinski definition) is 2. The van der Waals surface area contributed by atoms with Crippen molar-refractivity contribution in [3.05, 3.63) is 0 Å². The molecule has 1 atom stereocenters. The molecule has 1 heterocycles. The summed E-state index contributed by atoms with van der Waals surface area (Å²) in [6.45, 7) is 10.8.